The molecule has 0 radical (unpaired) electrons. The van der Waals surface area contributed by atoms with Gasteiger partial charge in [-0.15, -0.1) is 0 Å². The lowest BCUT2D eigenvalue weighted by atomic mass is 10.1. The van der Waals surface area contributed by atoms with Gasteiger partial charge in [0.25, 0.3) is 0 Å². The Morgan fingerprint density at radius 3 is 2.52 bits per heavy atom. The number of hydrogen-bond acceptors (Lipinski definition) is 5. The Morgan fingerprint density at radius 1 is 1.04 bits per heavy atom. The maximum Gasteiger partial charge on any atom is 0.324 e. The van der Waals surface area contributed by atoms with Crippen LogP contribution < -0.4 is 5.48 Å². The van der Waals surface area contributed by atoms with Gasteiger partial charge in [-0.1, -0.05) is 64.0 Å². The number of allylic oxidation sites excluding steroid dienone is 1. The van der Waals surface area contributed by atoms with Gasteiger partial charge in [0.2, 0.25) is 0 Å². The molecular formula is C20H39NO4. The van der Waals surface area contributed by atoms with Crippen LogP contribution in [0.2, 0.25) is 0 Å². The molecule has 0 aliphatic heterocycles. The Balaban J connectivity index is 3.30. The lowest BCUT2D eigenvalue weighted by molar-refractivity contribution is -0.151. The highest BCUT2D eigenvalue weighted by Crippen LogP contribution is 2.10. The quantitative estimate of drug-likeness (QED) is 0.196. The van der Waals surface area contributed by atoms with E-state index >= 15 is 0 Å². The summed E-state index contributed by atoms with van der Waals surface area (Å²) in [5.41, 5.74) is 2.42. The maximum absolute atomic E-state index is 11.3. The minimum atomic E-state index is -0.260. The average molecular weight is 358 g/mol. The van der Waals surface area contributed by atoms with E-state index in [1.165, 1.54) is 25.7 Å². The standard InChI is InChI=1S/C20H39NO4/c1-2-3-4-11-14-19(23)15-12-9-7-5-6-8-10-13-16-20(24)25-21-17-18-22/h9,12,19,21-23H,2-8,10-11,13-18H2,1H3/b12-9-/t19-/m1/s1. The Hall–Kier alpha value is -0.910. The average Bonchev–Trinajstić information content (AvgIpc) is 2.60. The summed E-state index contributed by atoms with van der Waals surface area (Å²) in [5.74, 6) is -0.260. The van der Waals surface area contributed by atoms with Crippen LogP contribution in [0, 0.1) is 0 Å². The van der Waals surface area contributed by atoms with E-state index in [1.54, 1.807) is 0 Å². The van der Waals surface area contributed by atoms with Crippen LogP contribution in [-0.4, -0.2) is 35.4 Å². The van der Waals surface area contributed by atoms with Crippen LogP contribution >= 0.6 is 0 Å². The minimum absolute atomic E-state index is 0.0420. The van der Waals surface area contributed by atoms with Gasteiger partial charge < -0.3 is 15.1 Å². The molecule has 1 atom stereocenters. The zero-order chi connectivity index (χ0) is 18.6. The van der Waals surface area contributed by atoms with E-state index in [4.69, 9.17) is 9.94 Å². The molecule has 0 spiro atoms. The predicted molar refractivity (Wildman–Crippen MR) is 102 cm³/mol. The van der Waals surface area contributed by atoms with Crippen molar-refractivity contribution >= 4 is 5.97 Å². The predicted octanol–water partition coefficient (Wildman–Crippen LogP) is 4.03. The van der Waals surface area contributed by atoms with E-state index < -0.39 is 0 Å². The summed E-state index contributed by atoms with van der Waals surface area (Å²) in [6, 6.07) is 0. The molecule has 0 rings (SSSR count). The van der Waals surface area contributed by atoms with Gasteiger partial charge in [-0.3, -0.25) is 4.79 Å². The van der Waals surface area contributed by atoms with Gasteiger partial charge in [-0.25, -0.2) is 0 Å². The Morgan fingerprint density at radius 2 is 1.76 bits per heavy atom. The number of hydrogen-bond donors (Lipinski definition) is 3. The number of unbranched alkanes of at least 4 members (excludes halogenated alkanes) is 8. The molecule has 0 aliphatic carbocycles. The van der Waals surface area contributed by atoms with E-state index in [0.717, 1.165) is 51.4 Å². The molecule has 0 aromatic heterocycles. The smallest absolute Gasteiger partial charge is 0.324 e. The van der Waals surface area contributed by atoms with Crippen molar-refractivity contribution in [3.8, 4) is 0 Å². The number of nitrogens with one attached hydrogen (secondary N) is 1. The third-order valence-electron chi connectivity index (χ3n) is 4.12. The van der Waals surface area contributed by atoms with E-state index in [-0.39, 0.29) is 25.2 Å². The SMILES string of the molecule is CCCCCC[C@@H](O)C/C=C\CCCCCCCC(=O)ONCCO. The maximum atomic E-state index is 11.3. The summed E-state index contributed by atoms with van der Waals surface area (Å²) in [4.78, 5) is 16.0. The fourth-order valence-electron chi connectivity index (χ4n) is 2.59. The van der Waals surface area contributed by atoms with Gasteiger partial charge in [0.1, 0.15) is 0 Å². The second kappa shape index (κ2) is 19.4. The summed E-state index contributed by atoms with van der Waals surface area (Å²) in [6.07, 6.45) is 17.5. The molecule has 5 nitrogen and oxygen atoms in total. The summed E-state index contributed by atoms with van der Waals surface area (Å²) < 4.78 is 0. The van der Waals surface area contributed by atoms with Gasteiger partial charge in [0.05, 0.1) is 19.3 Å². The number of aliphatic hydroxyl groups excluding tert-OH is 2. The molecule has 3 N–H and O–H groups in total. The highest BCUT2D eigenvalue weighted by atomic mass is 16.7. The molecule has 0 bridgehead atoms. The van der Waals surface area contributed by atoms with Crippen molar-refractivity contribution in [3.05, 3.63) is 12.2 Å². The zero-order valence-corrected chi connectivity index (χ0v) is 16.0. The molecule has 25 heavy (non-hydrogen) atoms. The first kappa shape index (κ1) is 24.1. The van der Waals surface area contributed by atoms with Crippen molar-refractivity contribution in [1.29, 1.82) is 0 Å². The van der Waals surface area contributed by atoms with Gasteiger partial charge in [-0.05, 0) is 32.1 Å². The number of carbonyl (C=O) groups excluding carboxylic acids is 1. The van der Waals surface area contributed by atoms with Crippen molar-refractivity contribution < 1.29 is 19.8 Å². The Bertz CT molecular complexity index is 321. The zero-order valence-electron chi connectivity index (χ0n) is 16.0. The summed E-state index contributed by atoms with van der Waals surface area (Å²) in [6.45, 7) is 2.43. The molecule has 0 unspecified atom stereocenters. The van der Waals surface area contributed by atoms with E-state index in [1.807, 2.05) is 0 Å². The molecule has 0 saturated carbocycles. The van der Waals surface area contributed by atoms with Gasteiger partial charge >= 0.3 is 5.97 Å². The first-order chi connectivity index (χ1) is 12.2. The van der Waals surface area contributed by atoms with Gasteiger partial charge in [0, 0.05) is 6.42 Å². The summed E-state index contributed by atoms with van der Waals surface area (Å²) in [5, 5.41) is 18.4. The molecule has 0 aromatic rings. The van der Waals surface area contributed by atoms with Crippen LogP contribution in [0.5, 0.6) is 0 Å². The number of hydroxylamine groups is 1. The number of aliphatic hydroxyl groups is 2. The fraction of sp³-hybridized carbons (Fsp3) is 0.850. The van der Waals surface area contributed by atoms with Crippen molar-refractivity contribution in [2.45, 2.75) is 96.5 Å². The number of carbonyl (C=O) groups is 1. The molecule has 0 aromatic carbocycles. The third-order valence-corrected chi connectivity index (χ3v) is 4.12. The molecule has 0 heterocycles. The summed E-state index contributed by atoms with van der Waals surface area (Å²) >= 11 is 0. The highest BCUT2D eigenvalue weighted by Gasteiger charge is 2.02. The van der Waals surface area contributed by atoms with Crippen LogP contribution in [0.15, 0.2) is 12.2 Å². The highest BCUT2D eigenvalue weighted by molar-refractivity contribution is 5.68. The van der Waals surface area contributed by atoms with E-state index in [9.17, 15) is 9.90 Å². The van der Waals surface area contributed by atoms with Crippen molar-refractivity contribution in [1.82, 2.24) is 5.48 Å². The second-order valence-electron chi connectivity index (χ2n) is 6.61. The van der Waals surface area contributed by atoms with E-state index in [2.05, 4.69) is 24.6 Å². The minimum Gasteiger partial charge on any atom is -0.395 e. The first-order valence-electron chi connectivity index (χ1n) is 10.1. The first-order valence-corrected chi connectivity index (χ1v) is 10.1. The molecular weight excluding hydrogens is 318 g/mol. The molecule has 0 fully saturated rings. The molecule has 148 valence electrons. The summed E-state index contributed by atoms with van der Waals surface area (Å²) in [7, 11) is 0. The van der Waals surface area contributed by atoms with Crippen LogP contribution in [0.1, 0.15) is 90.4 Å². The van der Waals surface area contributed by atoms with Crippen molar-refractivity contribution in [2.75, 3.05) is 13.2 Å². The topological polar surface area (TPSA) is 78.8 Å². The van der Waals surface area contributed by atoms with Crippen LogP contribution in [0.4, 0.5) is 0 Å². The van der Waals surface area contributed by atoms with Crippen LogP contribution in [-0.2, 0) is 9.63 Å². The Labute approximate surface area is 153 Å². The third kappa shape index (κ3) is 19.3. The lowest BCUT2D eigenvalue weighted by Crippen LogP contribution is -2.22. The lowest BCUT2D eigenvalue weighted by Gasteiger charge is -2.07. The van der Waals surface area contributed by atoms with Crippen molar-refractivity contribution in [2.24, 2.45) is 0 Å². The molecule has 0 aliphatic rings. The van der Waals surface area contributed by atoms with E-state index in [0.29, 0.717) is 6.42 Å². The van der Waals surface area contributed by atoms with Crippen LogP contribution in [0.25, 0.3) is 0 Å². The number of rotatable bonds is 18. The van der Waals surface area contributed by atoms with Gasteiger partial charge in [0.15, 0.2) is 0 Å². The Kier molecular flexibility index (Phi) is 18.7. The molecule has 0 saturated heterocycles. The van der Waals surface area contributed by atoms with Crippen molar-refractivity contribution in [3.63, 3.8) is 0 Å². The molecule has 5 heteroatoms. The largest absolute Gasteiger partial charge is 0.395 e. The molecule has 0 amide bonds. The van der Waals surface area contributed by atoms with Crippen LogP contribution in [0.3, 0.4) is 0 Å². The fourth-order valence-corrected chi connectivity index (χ4v) is 2.59. The van der Waals surface area contributed by atoms with Gasteiger partial charge in [-0.2, -0.15) is 5.48 Å². The normalized spacial score (nSPS) is 12.6. The monoisotopic (exact) mass is 357 g/mol. The second-order valence-corrected chi connectivity index (χ2v) is 6.61.